The number of benzene rings is 1. The molecule has 43 heavy (non-hydrogen) atoms. The van der Waals surface area contributed by atoms with Gasteiger partial charge in [0, 0.05) is 25.3 Å². The van der Waals surface area contributed by atoms with Crippen LogP contribution in [0.2, 0.25) is 0 Å². The predicted octanol–water partition coefficient (Wildman–Crippen LogP) is 6.87. The SMILES string of the molecule is C=CC[N+]1(c2ccccc2)CCC(NC(=O)CC[C@@H](C)C2CCC3[C@@H]4CC[C@@H]5C[C@H](O)CC[C@]5(C)C4C[C@H](O)[C@@]32C)CC1. The number of rotatable bonds is 8. The Morgan fingerprint density at radius 1 is 1.02 bits per heavy atom. The van der Waals surface area contributed by atoms with Gasteiger partial charge in [-0.25, -0.2) is 0 Å². The van der Waals surface area contributed by atoms with Gasteiger partial charge in [0.05, 0.1) is 25.3 Å². The van der Waals surface area contributed by atoms with Gasteiger partial charge in [-0.1, -0.05) is 45.5 Å². The lowest BCUT2D eigenvalue weighted by Gasteiger charge is -2.62. The molecular weight excluding hydrogens is 532 g/mol. The summed E-state index contributed by atoms with van der Waals surface area (Å²) in [6.07, 6.45) is 14.0. The van der Waals surface area contributed by atoms with Gasteiger partial charge in [-0.05, 0) is 122 Å². The Morgan fingerprint density at radius 2 is 1.77 bits per heavy atom. The summed E-state index contributed by atoms with van der Waals surface area (Å²) < 4.78 is 0.932. The van der Waals surface area contributed by atoms with E-state index >= 15 is 0 Å². The molecule has 1 amide bonds. The minimum Gasteiger partial charge on any atom is -0.393 e. The second-order valence-corrected chi connectivity index (χ2v) is 16.1. The van der Waals surface area contributed by atoms with E-state index in [-0.39, 0.29) is 35.0 Å². The summed E-state index contributed by atoms with van der Waals surface area (Å²) in [5, 5.41) is 25.7. The Balaban J connectivity index is 1.03. The summed E-state index contributed by atoms with van der Waals surface area (Å²) in [5.41, 5.74) is 1.58. The number of carbonyl (C=O) groups is 1. The fourth-order valence-corrected chi connectivity index (χ4v) is 11.8. The van der Waals surface area contributed by atoms with E-state index in [0.717, 1.165) is 69.1 Å². The lowest BCUT2D eigenvalue weighted by atomic mass is 9.43. The third kappa shape index (κ3) is 5.54. The van der Waals surface area contributed by atoms with Gasteiger partial charge in [0.2, 0.25) is 5.91 Å². The van der Waals surface area contributed by atoms with E-state index in [1.807, 2.05) is 6.08 Å². The van der Waals surface area contributed by atoms with Crippen molar-refractivity contribution in [2.45, 2.75) is 116 Å². The van der Waals surface area contributed by atoms with Crippen molar-refractivity contribution < 1.29 is 15.0 Å². The van der Waals surface area contributed by atoms with E-state index in [9.17, 15) is 15.0 Å². The molecule has 0 spiro atoms. The Bertz CT molecular complexity index is 1130. The van der Waals surface area contributed by atoms with E-state index in [2.05, 4.69) is 63.0 Å². The lowest BCUT2D eigenvalue weighted by molar-refractivity contribution is -0.175. The largest absolute Gasteiger partial charge is 0.393 e. The molecule has 6 rings (SSSR count). The molecule has 4 aliphatic carbocycles. The maximum absolute atomic E-state index is 13.2. The number of piperidine rings is 1. The number of aliphatic hydroxyl groups is 2. The summed E-state index contributed by atoms with van der Waals surface area (Å²) in [4.78, 5) is 13.2. The quantitative estimate of drug-likeness (QED) is 0.228. The van der Waals surface area contributed by atoms with Gasteiger partial charge in [-0.3, -0.25) is 9.28 Å². The summed E-state index contributed by atoms with van der Waals surface area (Å²) >= 11 is 0. The standard InChI is InChI=1S/C38H58N2O3/c1-5-21-40(29-9-7-6-8-10-29)22-18-28(19-23-40)39-36(43)16-11-26(2)32-14-15-33-31-13-12-27-24-30(41)17-20-37(27,3)34(31)25-35(42)38(32,33)4/h5-10,26-28,30-35,41-42H,1,11-25H2,2-4H3/p+1/t26-,27-,28?,30-,31+,32?,33?,34?,35+,37+,38-,40?/m1/s1. The second-order valence-electron chi connectivity index (χ2n) is 16.1. The van der Waals surface area contributed by atoms with E-state index in [1.165, 1.54) is 31.4 Å². The molecule has 4 saturated carbocycles. The number of amides is 1. The molecule has 3 unspecified atom stereocenters. The number of fused-ring (bicyclic) bond motifs is 5. The molecule has 0 radical (unpaired) electrons. The smallest absolute Gasteiger partial charge is 0.220 e. The molecule has 5 fully saturated rings. The van der Waals surface area contributed by atoms with Crippen molar-refractivity contribution in [2.75, 3.05) is 19.6 Å². The molecule has 1 aromatic carbocycles. The Labute approximate surface area is 261 Å². The molecule has 0 bridgehead atoms. The summed E-state index contributed by atoms with van der Waals surface area (Å²) in [5.74, 6) is 3.63. The number of hydrogen-bond acceptors (Lipinski definition) is 3. The molecule has 238 valence electrons. The van der Waals surface area contributed by atoms with Crippen molar-refractivity contribution >= 4 is 11.6 Å². The Kier molecular flexibility index (Phi) is 8.92. The van der Waals surface area contributed by atoms with Crippen LogP contribution in [0, 0.1) is 46.3 Å². The number of quaternary nitrogens is 1. The first-order chi connectivity index (χ1) is 20.6. The number of nitrogens with one attached hydrogen (secondary N) is 1. The summed E-state index contributed by atoms with van der Waals surface area (Å²) in [6, 6.07) is 11.0. The normalized spacial score (nSPS) is 44.9. The number of para-hydroxylation sites is 1. The second kappa shape index (κ2) is 12.2. The molecule has 3 N–H and O–H groups in total. The van der Waals surface area contributed by atoms with Crippen LogP contribution in [-0.2, 0) is 4.79 Å². The van der Waals surface area contributed by atoms with Gasteiger partial charge >= 0.3 is 0 Å². The summed E-state index contributed by atoms with van der Waals surface area (Å²) in [6.45, 7) is 14.3. The first-order valence-corrected chi connectivity index (χ1v) is 17.8. The van der Waals surface area contributed by atoms with Crippen LogP contribution in [0.5, 0.6) is 0 Å². The molecular formula is C38H59N2O3+. The molecule has 1 heterocycles. The van der Waals surface area contributed by atoms with E-state index in [1.54, 1.807) is 0 Å². The van der Waals surface area contributed by atoms with Crippen LogP contribution < -0.4 is 9.80 Å². The van der Waals surface area contributed by atoms with Gasteiger partial charge in [0.15, 0.2) is 0 Å². The molecule has 5 nitrogen and oxygen atoms in total. The zero-order chi connectivity index (χ0) is 30.4. The van der Waals surface area contributed by atoms with Crippen LogP contribution in [0.3, 0.4) is 0 Å². The average molecular weight is 592 g/mol. The van der Waals surface area contributed by atoms with Crippen molar-refractivity contribution in [2.24, 2.45) is 46.3 Å². The molecule has 1 aliphatic heterocycles. The average Bonchev–Trinajstić information content (AvgIpc) is 3.37. The van der Waals surface area contributed by atoms with Crippen molar-refractivity contribution in [1.29, 1.82) is 0 Å². The monoisotopic (exact) mass is 591 g/mol. The van der Waals surface area contributed by atoms with Gasteiger partial charge in [0.25, 0.3) is 0 Å². The topological polar surface area (TPSA) is 69.6 Å². The fourth-order valence-electron chi connectivity index (χ4n) is 11.8. The maximum Gasteiger partial charge on any atom is 0.220 e. The number of likely N-dealkylation sites (tertiary alicyclic amines) is 1. The highest BCUT2D eigenvalue weighted by Crippen LogP contribution is 2.68. The fraction of sp³-hybridized carbons (Fsp3) is 0.763. The zero-order valence-corrected chi connectivity index (χ0v) is 27.2. The van der Waals surface area contributed by atoms with Crippen molar-refractivity contribution in [3.63, 3.8) is 0 Å². The van der Waals surface area contributed by atoms with Gasteiger partial charge < -0.3 is 15.5 Å². The van der Waals surface area contributed by atoms with Gasteiger partial charge in [-0.2, -0.15) is 0 Å². The zero-order valence-electron chi connectivity index (χ0n) is 27.2. The first kappa shape index (κ1) is 31.3. The molecule has 1 aromatic rings. The maximum atomic E-state index is 13.2. The highest BCUT2D eigenvalue weighted by molar-refractivity contribution is 5.76. The van der Waals surface area contributed by atoms with Crippen molar-refractivity contribution in [3.8, 4) is 0 Å². The van der Waals surface area contributed by atoms with Crippen LogP contribution in [-0.4, -0.2) is 54.0 Å². The molecule has 1 saturated heterocycles. The molecule has 0 aromatic heterocycles. The highest BCUT2D eigenvalue weighted by Gasteiger charge is 2.63. The number of nitrogens with zero attached hydrogens (tertiary/aromatic N) is 1. The Hall–Kier alpha value is -1.69. The number of aliphatic hydroxyl groups excluding tert-OH is 2. The van der Waals surface area contributed by atoms with Gasteiger partial charge in [-0.15, -0.1) is 0 Å². The minimum atomic E-state index is -0.259. The highest BCUT2D eigenvalue weighted by atomic mass is 16.3. The predicted molar refractivity (Wildman–Crippen MR) is 175 cm³/mol. The molecule has 5 heteroatoms. The Morgan fingerprint density at radius 3 is 2.49 bits per heavy atom. The van der Waals surface area contributed by atoms with E-state index in [0.29, 0.717) is 41.9 Å². The van der Waals surface area contributed by atoms with E-state index < -0.39 is 0 Å². The minimum absolute atomic E-state index is 0.0400. The third-order valence-electron chi connectivity index (χ3n) is 14.3. The van der Waals surface area contributed by atoms with Crippen molar-refractivity contribution in [1.82, 2.24) is 9.80 Å². The number of carbonyl (C=O) groups excluding carboxylic acids is 1. The number of hydrogen-bond donors (Lipinski definition) is 3. The molecule has 5 aliphatic rings. The molecule has 10 atom stereocenters. The van der Waals surface area contributed by atoms with Crippen LogP contribution in [0.15, 0.2) is 43.0 Å². The van der Waals surface area contributed by atoms with Crippen molar-refractivity contribution in [3.05, 3.63) is 43.0 Å². The van der Waals surface area contributed by atoms with Crippen LogP contribution >= 0.6 is 0 Å². The van der Waals surface area contributed by atoms with E-state index in [4.69, 9.17) is 0 Å². The van der Waals surface area contributed by atoms with Crippen LogP contribution in [0.1, 0.15) is 97.8 Å². The summed E-state index contributed by atoms with van der Waals surface area (Å²) in [7, 11) is 0. The van der Waals surface area contributed by atoms with Crippen LogP contribution in [0.25, 0.3) is 0 Å². The third-order valence-corrected chi connectivity index (χ3v) is 14.3. The first-order valence-electron chi connectivity index (χ1n) is 17.8. The van der Waals surface area contributed by atoms with Gasteiger partial charge in [0.1, 0.15) is 12.2 Å². The lowest BCUT2D eigenvalue weighted by Crippen LogP contribution is -2.58. The van der Waals surface area contributed by atoms with Crippen LogP contribution in [0.4, 0.5) is 5.69 Å².